The molecule has 0 aromatic carbocycles. The number of ether oxygens (including phenoxy) is 2. The third-order valence-corrected chi connectivity index (χ3v) is 5.18. The largest absolute Gasteiger partial charge is 0.459 e. The fraction of sp³-hybridized carbons (Fsp3) is 0.812. The topological polar surface area (TPSA) is 38.8 Å². The summed E-state index contributed by atoms with van der Waals surface area (Å²) in [6, 6.07) is 0. The molecule has 2 heterocycles. The summed E-state index contributed by atoms with van der Waals surface area (Å²) >= 11 is 0. The predicted molar refractivity (Wildman–Crippen MR) is 72.7 cm³/mol. The summed E-state index contributed by atoms with van der Waals surface area (Å²) in [5.74, 6) is 0.410. The normalized spacial score (nSPS) is 45.8. The SMILES string of the molecule is CC[C@@H]1C(=O)O[C@H]2[C@H]1CCC(C)=CCC[C@@]1(C)O[C@@H]21. The second-order valence-electron chi connectivity index (χ2n) is 6.56. The number of hydrogen-bond acceptors (Lipinski definition) is 3. The van der Waals surface area contributed by atoms with Gasteiger partial charge in [-0.2, -0.15) is 0 Å². The Balaban J connectivity index is 1.85. The number of carbonyl (C=O) groups excluding carboxylic acids is 1. The highest BCUT2D eigenvalue weighted by atomic mass is 16.6. The first kappa shape index (κ1) is 13.2. The Morgan fingerprint density at radius 3 is 3.00 bits per heavy atom. The number of carbonyl (C=O) groups is 1. The number of allylic oxidation sites excluding steroid dienone is 2. The number of fused-ring (bicyclic) bond motifs is 3. The molecule has 0 aromatic heterocycles. The third-order valence-electron chi connectivity index (χ3n) is 5.18. The lowest BCUT2D eigenvalue weighted by molar-refractivity contribution is -0.145. The molecule has 2 aliphatic heterocycles. The van der Waals surface area contributed by atoms with Crippen LogP contribution in [0.25, 0.3) is 0 Å². The highest BCUT2D eigenvalue weighted by Gasteiger charge is 2.62. The van der Waals surface area contributed by atoms with Crippen molar-refractivity contribution in [1.29, 1.82) is 0 Å². The Kier molecular flexibility index (Phi) is 3.20. The number of esters is 1. The summed E-state index contributed by atoms with van der Waals surface area (Å²) in [5.41, 5.74) is 1.37. The fourth-order valence-electron chi connectivity index (χ4n) is 3.81. The van der Waals surface area contributed by atoms with Gasteiger partial charge in [0.2, 0.25) is 0 Å². The maximum absolute atomic E-state index is 12.0. The second-order valence-corrected chi connectivity index (χ2v) is 6.56. The molecule has 106 valence electrons. The molecule has 3 rings (SSSR count). The van der Waals surface area contributed by atoms with Crippen LogP contribution in [0.4, 0.5) is 0 Å². The quantitative estimate of drug-likeness (QED) is 0.414. The molecule has 0 amide bonds. The summed E-state index contributed by atoms with van der Waals surface area (Å²) in [5, 5.41) is 0. The Morgan fingerprint density at radius 1 is 1.47 bits per heavy atom. The first-order valence-corrected chi connectivity index (χ1v) is 7.59. The van der Waals surface area contributed by atoms with Gasteiger partial charge < -0.3 is 9.47 Å². The molecular weight excluding hydrogens is 240 g/mol. The Bertz CT molecular complexity index is 414. The van der Waals surface area contributed by atoms with Crippen LogP contribution in [0.15, 0.2) is 11.6 Å². The minimum absolute atomic E-state index is 0.00349. The Labute approximate surface area is 115 Å². The molecule has 3 heteroatoms. The fourth-order valence-corrected chi connectivity index (χ4v) is 3.81. The Hall–Kier alpha value is -0.830. The maximum Gasteiger partial charge on any atom is 0.309 e. The van der Waals surface area contributed by atoms with Crippen LogP contribution in [0.3, 0.4) is 0 Å². The molecule has 5 atom stereocenters. The maximum atomic E-state index is 12.0. The summed E-state index contributed by atoms with van der Waals surface area (Å²) in [6.07, 6.45) is 7.58. The van der Waals surface area contributed by atoms with Crippen molar-refractivity contribution in [2.45, 2.75) is 70.7 Å². The van der Waals surface area contributed by atoms with Crippen LogP contribution in [0.2, 0.25) is 0 Å². The van der Waals surface area contributed by atoms with Crippen LogP contribution in [-0.4, -0.2) is 23.8 Å². The molecule has 0 bridgehead atoms. The van der Waals surface area contributed by atoms with E-state index < -0.39 is 0 Å². The van der Waals surface area contributed by atoms with Gasteiger partial charge in [-0.05, 0) is 46.0 Å². The van der Waals surface area contributed by atoms with E-state index in [1.54, 1.807) is 0 Å². The molecule has 19 heavy (non-hydrogen) atoms. The van der Waals surface area contributed by atoms with Crippen LogP contribution >= 0.6 is 0 Å². The van der Waals surface area contributed by atoms with Crippen LogP contribution in [0, 0.1) is 11.8 Å². The standard InChI is InChI=1S/C16H24O3/c1-4-11-12-8-7-10(2)6-5-9-16(3)14(19-16)13(12)18-15(11)17/h6,11-14H,4-5,7-9H2,1-3H3/t11-,12-,13-,14-,16+/m0/s1. The van der Waals surface area contributed by atoms with Crippen molar-refractivity contribution in [3.8, 4) is 0 Å². The van der Waals surface area contributed by atoms with E-state index >= 15 is 0 Å². The molecule has 0 unspecified atom stereocenters. The smallest absolute Gasteiger partial charge is 0.309 e. The minimum Gasteiger partial charge on any atom is -0.459 e. The highest BCUT2D eigenvalue weighted by molar-refractivity contribution is 5.75. The second kappa shape index (κ2) is 4.62. The zero-order valence-electron chi connectivity index (χ0n) is 12.1. The van der Waals surface area contributed by atoms with Crippen molar-refractivity contribution in [3.63, 3.8) is 0 Å². The first-order valence-electron chi connectivity index (χ1n) is 7.59. The zero-order chi connectivity index (χ0) is 13.6. The van der Waals surface area contributed by atoms with E-state index in [0.717, 1.165) is 32.1 Å². The summed E-state index contributed by atoms with van der Waals surface area (Å²) in [7, 11) is 0. The van der Waals surface area contributed by atoms with Crippen LogP contribution in [-0.2, 0) is 14.3 Å². The molecule has 0 N–H and O–H groups in total. The predicted octanol–water partition coefficient (Wildman–Crippen LogP) is 3.23. The van der Waals surface area contributed by atoms with E-state index in [4.69, 9.17) is 9.47 Å². The molecule has 0 radical (unpaired) electrons. The molecule has 1 aliphatic carbocycles. The van der Waals surface area contributed by atoms with Crippen LogP contribution < -0.4 is 0 Å². The van der Waals surface area contributed by atoms with Crippen LogP contribution in [0.5, 0.6) is 0 Å². The van der Waals surface area contributed by atoms with Gasteiger partial charge >= 0.3 is 5.97 Å². The lowest BCUT2D eigenvalue weighted by Crippen LogP contribution is -2.30. The van der Waals surface area contributed by atoms with Gasteiger partial charge in [0, 0.05) is 5.92 Å². The van der Waals surface area contributed by atoms with E-state index in [9.17, 15) is 4.79 Å². The summed E-state index contributed by atoms with van der Waals surface area (Å²) in [4.78, 5) is 12.0. The van der Waals surface area contributed by atoms with Gasteiger partial charge in [0.25, 0.3) is 0 Å². The van der Waals surface area contributed by atoms with Crippen molar-refractivity contribution >= 4 is 5.97 Å². The molecule has 0 spiro atoms. The van der Waals surface area contributed by atoms with Gasteiger partial charge in [-0.1, -0.05) is 18.6 Å². The average molecular weight is 264 g/mol. The molecular formula is C16H24O3. The van der Waals surface area contributed by atoms with E-state index in [2.05, 4.69) is 26.8 Å². The molecule has 0 saturated carbocycles. The molecule has 3 aliphatic rings. The van der Waals surface area contributed by atoms with Gasteiger partial charge in [0.1, 0.15) is 12.2 Å². The zero-order valence-corrected chi connectivity index (χ0v) is 12.1. The lowest BCUT2D eigenvalue weighted by Gasteiger charge is -2.21. The van der Waals surface area contributed by atoms with Crippen molar-refractivity contribution in [2.75, 3.05) is 0 Å². The molecule has 2 fully saturated rings. The Morgan fingerprint density at radius 2 is 2.26 bits per heavy atom. The monoisotopic (exact) mass is 264 g/mol. The van der Waals surface area contributed by atoms with Gasteiger partial charge in [-0.25, -0.2) is 0 Å². The van der Waals surface area contributed by atoms with E-state index in [1.807, 2.05) is 0 Å². The van der Waals surface area contributed by atoms with Crippen molar-refractivity contribution in [2.24, 2.45) is 11.8 Å². The molecule has 0 aromatic rings. The molecule has 3 nitrogen and oxygen atoms in total. The van der Waals surface area contributed by atoms with E-state index in [1.165, 1.54) is 5.57 Å². The van der Waals surface area contributed by atoms with Crippen molar-refractivity contribution < 1.29 is 14.3 Å². The number of hydrogen-bond donors (Lipinski definition) is 0. The van der Waals surface area contributed by atoms with E-state index in [-0.39, 0.29) is 29.7 Å². The van der Waals surface area contributed by atoms with Gasteiger partial charge in [-0.3, -0.25) is 4.79 Å². The average Bonchev–Trinajstić information content (AvgIpc) is 2.92. The summed E-state index contributed by atoms with van der Waals surface area (Å²) in [6.45, 7) is 6.44. The number of rotatable bonds is 1. The van der Waals surface area contributed by atoms with E-state index in [0.29, 0.717) is 5.92 Å². The molecule has 2 saturated heterocycles. The third kappa shape index (κ3) is 2.22. The number of epoxide rings is 1. The first-order chi connectivity index (χ1) is 9.05. The minimum atomic E-state index is -0.0695. The van der Waals surface area contributed by atoms with Crippen molar-refractivity contribution in [3.05, 3.63) is 11.6 Å². The van der Waals surface area contributed by atoms with Crippen LogP contribution in [0.1, 0.15) is 52.9 Å². The van der Waals surface area contributed by atoms with Gasteiger partial charge in [0.15, 0.2) is 0 Å². The summed E-state index contributed by atoms with van der Waals surface area (Å²) < 4.78 is 11.6. The van der Waals surface area contributed by atoms with Gasteiger partial charge in [0.05, 0.1) is 11.5 Å². The van der Waals surface area contributed by atoms with Gasteiger partial charge in [-0.15, -0.1) is 0 Å². The van der Waals surface area contributed by atoms with Crippen molar-refractivity contribution in [1.82, 2.24) is 0 Å². The highest BCUT2D eigenvalue weighted by Crippen LogP contribution is 2.50. The lowest BCUT2D eigenvalue weighted by atomic mass is 9.80.